The first-order valence-corrected chi connectivity index (χ1v) is 3.94. The fourth-order valence-corrected chi connectivity index (χ4v) is 0.990. The van der Waals surface area contributed by atoms with Crippen molar-refractivity contribution in [2.75, 3.05) is 0 Å². The Bertz CT molecular complexity index is 148. The van der Waals surface area contributed by atoms with Crippen molar-refractivity contribution < 1.29 is 0 Å². The molecular formula is C6H4S2. The second kappa shape index (κ2) is 3.05. The van der Waals surface area contributed by atoms with Crippen LogP contribution in [0.4, 0.5) is 0 Å². The Morgan fingerprint density at radius 1 is 1.50 bits per heavy atom. The molecule has 0 aliphatic carbocycles. The lowest BCUT2D eigenvalue weighted by Gasteiger charge is -1.86. The number of hydrogen-bond donors (Lipinski definition) is 0. The summed E-state index contributed by atoms with van der Waals surface area (Å²) in [7, 11) is 1.30. The molecule has 0 saturated carbocycles. The third-order valence-electron chi connectivity index (χ3n) is 0.770. The highest BCUT2D eigenvalue weighted by atomic mass is 33.1. The largest absolute Gasteiger partial charge is 0.0616 e. The van der Waals surface area contributed by atoms with Crippen LogP contribution in [0.5, 0.6) is 0 Å². The molecule has 40 valence electrons. The molecule has 0 N–H and O–H groups in total. The van der Waals surface area contributed by atoms with Crippen LogP contribution in [0.15, 0.2) is 29.2 Å². The van der Waals surface area contributed by atoms with E-state index in [1.807, 2.05) is 24.3 Å². The van der Waals surface area contributed by atoms with Crippen LogP contribution in [0.3, 0.4) is 0 Å². The minimum Gasteiger partial charge on any atom is -0.0616 e. The zero-order chi connectivity index (χ0) is 5.82. The lowest BCUT2D eigenvalue weighted by molar-refractivity contribution is 1.46. The Kier molecular flexibility index (Phi) is 2.30. The summed E-state index contributed by atoms with van der Waals surface area (Å²) >= 11 is 4.70. The van der Waals surface area contributed by atoms with E-state index < -0.39 is 0 Å². The summed E-state index contributed by atoms with van der Waals surface area (Å²) in [5.41, 5.74) is 0. The molecule has 0 aliphatic heterocycles. The third-order valence-corrected chi connectivity index (χ3v) is 1.74. The van der Waals surface area contributed by atoms with Crippen molar-refractivity contribution in [3.05, 3.63) is 30.3 Å². The predicted octanol–water partition coefficient (Wildman–Crippen LogP) is 2.69. The van der Waals surface area contributed by atoms with E-state index in [4.69, 9.17) is 11.7 Å². The minimum absolute atomic E-state index is 1.02. The molecule has 0 heterocycles. The summed E-state index contributed by atoms with van der Waals surface area (Å²) in [6.45, 7) is 0. The monoisotopic (exact) mass is 140 g/mol. The topological polar surface area (TPSA) is 0 Å². The molecule has 0 bridgehead atoms. The smallest absolute Gasteiger partial charge is 0.0270 e. The highest BCUT2D eigenvalue weighted by Crippen LogP contribution is 2.18. The second-order valence-corrected chi connectivity index (χ2v) is 2.42. The molecule has 2 radical (unpaired) electrons. The minimum atomic E-state index is 1.02. The van der Waals surface area contributed by atoms with Crippen LogP contribution >= 0.6 is 22.5 Å². The molecule has 0 amide bonds. The van der Waals surface area contributed by atoms with Gasteiger partial charge >= 0.3 is 0 Å². The maximum atomic E-state index is 4.70. The second-order valence-electron chi connectivity index (χ2n) is 1.31. The number of rotatable bonds is 1. The molecule has 0 saturated heterocycles. The molecule has 0 aromatic heterocycles. The van der Waals surface area contributed by atoms with E-state index in [1.165, 1.54) is 10.8 Å². The Morgan fingerprint density at radius 2 is 2.38 bits per heavy atom. The van der Waals surface area contributed by atoms with Crippen LogP contribution in [0.2, 0.25) is 0 Å². The van der Waals surface area contributed by atoms with E-state index >= 15 is 0 Å². The first-order valence-electron chi connectivity index (χ1n) is 2.20. The molecule has 0 spiro atoms. The van der Waals surface area contributed by atoms with Gasteiger partial charge in [-0.1, -0.05) is 18.2 Å². The van der Waals surface area contributed by atoms with Crippen molar-refractivity contribution >= 4 is 22.5 Å². The van der Waals surface area contributed by atoms with Gasteiger partial charge in [-0.05, 0) is 34.6 Å². The van der Waals surface area contributed by atoms with Crippen molar-refractivity contribution in [3.63, 3.8) is 0 Å². The first kappa shape index (κ1) is 6.05. The molecule has 1 rings (SSSR count). The predicted molar refractivity (Wildman–Crippen MR) is 38.7 cm³/mol. The fraction of sp³-hybridized carbons (Fsp3) is 0. The van der Waals surface area contributed by atoms with Crippen LogP contribution in [-0.4, -0.2) is 0 Å². The lowest BCUT2D eigenvalue weighted by Crippen LogP contribution is -1.61. The Balaban J connectivity index is 2.83. The summed E-state index contributed by atoms with van der Waals surface area (Å²) in [5, 5.41) is 0. The summed E-state index contributed by atoms with van der Waals surface area (Å²) < 4.78 is 0. The average Bonchev–Trinajstić information content (AvgIpc) is 1.90. The molecule has 8 heavy (non-hydrogen) atoms. The van der Waals surface area contributed by atoms with Crippen LogP contribution < -0.4 is 0 Å². The molecular weight excluding hydrogens is 136 g/mol. The standard InChI is InChI=1S/C6H4S2/c7-8-6-4-2-1-3-5-6/h1-4H. The molecule has 0 atom stereocenters. The van der Waals surface area contributed by atoms with Crippen LogP contribution in [0, 0.1) is 6.07 Å². The average molecular weight is 140 g/mol. The Labute approximate surface area is 58.1 Å². The molecule has 0 fully saturated rings. The third kappa shape index (κ3) is 1.46. The number of hydrogen-bond acceptors (Lipinski definition) is 1. The van der Waals surface area contributed by atoms with Crippen LogP contribution in [0.1, 0.15) is 0 Å². The van der Waals surface area contributed by atoms with Crippen molar-refractivity contribution in [1.29, 1.82) is 0 Å². The Hall–Kier alpha value is -0.0800. The SMILES string of the molecule is [S]Sc1[c]cccc1. The normalized spacial score (nSPS) is 9.12. The summed E-state index contributed by atoms with van der Waals surface area (Å²) in [4.78, 5) is 1.02. The van der Waals surface area contributed by atoms with Gasteiger partial charge in [-0.15, -0.1) is 0 Å². The van der Waals surface area contributed by atoms with Crippen molar-refractivity contribution in [1.82, 2.24) is 0 Å². The summed E-state index contributed by atoms with van der Waals surface area (Å²) in [5.74, 6) is 0. The van der Waals surface area contributed by atoms with Crippen molar-refractivity contribution in [3.8, 4) is 0 Å². The molecule has 0 aliphatic rings. The zero-order valence-corrected chi connectivity index (χ0v) is 5.76. The molecule has 0 unspecified atom stereocenters. The van der Waals surface area contributed by atoms with Crippen molar-refractivity contribution in [2.45, 2.75) is 4.90 Å². The van der Waals surface area contributed by atoms with E-state index in [2.05, 4.69) is 6.07 Å². The molecule has 0 nitrogen and oxygen atoms in total. The van der Waals surface area contributed by atoms with Gasteiger partial charge in [0.15, 0.2) is 0 Å². The van der Waals surface area contributed by atoms with Gasteiger partial charge in [0.2, 0.25) is 0 Å². The Morgan fingerprint density at radius 3 is 2.75 bits per heavy atom. The molecule has 1 aromatic rings. The van der Waals surface area contributed by atoms with E-state index in [-0.39, 0.29) is 0 Å². The van der Waals surface area contributed by atoms with Gasteiger partial charge in [0.1, 0.15) is 0 Å². The van der Waals surface area contributed by atoms with Crippen LogP contribution in [-0.2, 0) is 0 Å². The van der Waals surface area contributed by atoms with Crippen LogP contribution in [0.25, 0.3) is 0 Å². The number of benzene rings is 1. The van der Waals surface area contributed by atoms with Gasteiger partial charge in [0, 0.05) is 4.90 Å². The van der Waals surface area contributed by atoms with Gasteiger partial charge in [0.25, 0.3) is 0 Å². The van der Waals surface area contributed by atoms with Gasteiger partial charge in [-0.2, -0.15) is 0 Å². The quantitative estimate of drug-likeness (QED) is 0.540. The van der Waals surface area contributed by atoms with E-state index in [1.54, 1.807) is 0 Å². The highest BCUT2D eigenvalue weighted by molar-refractivity contribution is 8.68. The zero-order valence-electron chi connectivity index (χ0n) is 4.13. The highest BCUT2D eigenvalue weighted by Gasteiger charge is 1.83. The first-order chi connectivity index (χ1) is 3.93. The van der Waals surface area contributed by atoms with Crippen molar-refractivity contribution in [2.24, 2.45) is 0 Å². The maximum absolute atomic E-state index is 4.70. The summed E-state index contributed by atoms with van der Waals surface area (Å²) in [6.07, 6.45) is 0. The van der Waals surface area contributed by atoms with E-state index in [9.17, 15) is 0 Å². The van der Waals surface area contributed by atoms with E-state index in [0.717, 1.165) is 4.90 Å². The molecule has 1 aromatic carbocycles. The van der Waals surface area contributed by atoms with E-state index in [0.29, 0.717) is 0 Å². The maximum Gasteiger partial charge on any atom is 0.0270 e. The fourth-order valence-electron chi connectivity index (χ4n) is 0.429. The molecule has 2 heteroatoms. The van der Waals surface area contributed by atoms with Gasteiger partial charge < -0.3 is 0 Å². The van der Waals surface area contributed by atoms with Gasteiger partial charge in [0.05, 0.1) is 0 Å². The van der Waals surface area contributed by atoms with Gasteiger partial charge in [-0.25, -0.2) is 0 Å². The van der Waals surface area contributed by atoms with Gasteiger partial charge in [-0.3, -0.25) is 0 Å². The lowest BCUT2D eigenvalue weighted by atomic mass is 10.4. The summed E-state index contributed by atoms with van der Waals surface area (Å²) in [6, 6.07) is 10.6.